The van der Waals surface area contributed by atoms with Crippen molar-refractivity contribution in [2.24, 2.45) is 11.8 Å². The lowest BCUT2D eigenvalue weighted by Crippen LogP contribution is -2.39. The summed E-state index contributed by atoms with van der Waals surface area (Å²) >= 11 is 0. The summed E-state index contributed by atoms with van der Waals surface area (Å²) in [7, 11) is -1.95. The van der Waals surface area contributed by atoms with Crippen LogP contribution in [0.25, 0.3) is 0 Å². The first kappa shape index (κ1) is 23.3. The highest BCUT2D eigenvalue weighted by molar-refractivity contribution is 7.88. The van der Waals surface area contributed by atoms with Gasteiger partial charge in [-0.25, -0.2) is 12.7 Å². The van der Waals surface area contributed by atoms with Crippen molar-refractivity contribution in [1.82, 2.24) is 9.62 Å². The van der Waals surface area contributed by atoms with Crippen LogP contribution in [0.5, 0.6) is 0 Å². The number of esters is 1. The molecule has 0 spiro atoms. The largest absolute Gasteiger partial charge is 0.460 e. The Bertz CT molecular complexity index is 832. The number of carbonyl (C=O) groups is 2. The van der Waals surface area contributed by atoms with Gasteiger partial charge in [0.2, 0.25) is 15.9 Å². The van der Waals surface area contributed by atoms with Gasteiger partial charge in [-0.3, -0.25) is 9.59 Å². The molecule has 1 fully saturated rings. The normalized spacial score (nSPS) is 23.6. The fourth-order valence-electron chi connectivity index (χ4n) is 3.65. The zero-order valence-electron chi connectivity index (χ0n) is 18.0. The van der Waals surface area contributed by atoms with E-state index in [0.717, 1.165) is 11.8 Å². The molecule has 162 valence electrons. The maximum atomic E-state index is 13.0. The molecule has 0 heterocycles. The fraction of sp³-hybridized carbons (Fsp3) is 0.619. The van der Waals surface area contributed by atoms with Crippen molar-refractivity contribution in [3.63, 3.8) is 0 Å². The lowest BCUT2D eigenvalue weighted by molar-refractivity contribution is -0.162. The third kappa shape index (κ3) is 6.27. The number of hydrogen-bond acceptors (Lipinski definition) is 5. The number of hydrogen-bond donors (Lipinski definition) is 1. The highest BCUT2D eigenvalue weighted by Gasteiger charge is 2.47. The summed E-state index contributed by atoms with van der Waals surface area (Å²) in [5, 5.41) is 2.97. The lowest BCUT2D eigenvalue weighted by atomic mass is 9.94. The van der Waals surface area contributed by atoms with Gasteiger partial charge in [-0.15, -0.1) is 0 Å². The molecule has 0 aliphatic heterocycles. The van der Waals surface area contributed by atoms with Crippen molar-refractivity contribution in [3.8, 4) is 0 Å². The molecule has 0 unspecified atom stereocenters. The maximum absolute atomic E-state index is 13.0. The van der Waals surface area contributed by atoms with E-state index in [4.69, 9.17) is 4.74 Å². The minimum absolute atomic E-state index is 0.227. The number of sulfonamides is 1. The monoisotopic (exact) mass is 424 g/mol. The predicted octanol–water partition coefficient (Wildman–Crippen LogP) is 2.49. The van der Waals surface area contributed by atoms with Gasteiger partial charge in [0.25, 0.3) is 0 Å². The van der Waals surface area contributed by atoms with E-state index in [1.54, 1.807) is 20.8 Å². The number of nitrogens with zero attached hydrogens (tertiary/aromatic N) is 1. The molecule has 1 aromatic carbocycles. The second kappa shape index (κ2) is 8.83. The van der Waals surface area contributed by atoms with Crippen LogP contribution in [0.4, 0.5) is 0 Å². The summed E-state index contributed by atoms with van der Waals surface area (Å²) in [4.78, 5) is 25.8. The third-order valence-corrected chi connectivity index (χ3v) is 6.62. The van der Waals surface area contributed by atoms with Crippen LogP contribution in [-0.2, 0) is 24.3 Å². The molecule has 1 aliphatic carbocycles. The first-order valence-corrected chi connectivity index (χ1v) is 11.7. The predicted molar refractivity (Wildman–Crippen MR) is 111 cm³/mol. The molecule has 8 heteroatoms. The number of rotatable bonds is 6. The Morgan fingerprint density at radius 1 is 1.14 bits per heavy atom. The average Bonchev–Trinajstić information content (AvgIpc) is 3.05. The van der Waals surface area contributed by atoms with Gasteiger partial charge >= 0.3 is 5.97 Å². The second-order valence-electron chi connectivity index (χ2n) is 8.79. The molecular formula is C21H32N2O5S. The zero-order chi connectivity index (χ0) is 22.0. The molecule has 7 nitrogen and oxygen atoms in total. The van der Waals surface area contributed by atoms with Crippen LogP contribution < -0.4 is 5.32 Å². The van der Waals surface area contributed by atoms with Gasteiger partial charge in [-0.05, 0) is 46.1 Å². The molecule has 1 amide bonds. The average molecular weight is 425 g/mol. The quantitative estimate of drug-likeness (QED) is 0.708. The van der Waals surface area contributed by atoms with Gasteiger partial charge in [-0.2, -0.15) is 0 Å². The Kier molecular flexibility index (Phi) is 7.11. The molecule has 0 radical (unpaired) electrons. The zero-order valence-corrected chi connectivity index (χ0v) is 18.8. The van der Waals surface area contributed by atoms with E-state index >= 15 is 0 Å². The van der Waals surface area contributed by atoms with Crippen LogP contribution in [0, 0.1) is 11.8 Å². The van der Waals surface area contributed by atoms with E-state index in [1.165, 1.54) is 11.4 Å². The van der Waals surface area contributed by atoms with Crippen molar-refractivity contribution in [2.45, 2.75) is 58.2 Å². The molecule has 29 heavy (non-hydrogen) atoms. The van der Waals surface area contributed by atoms with Crippen LogP contribution in [0.2, 0.25) is 0 Å². The maximum Gasteiger partial charge on any atom is 0.310 e. The summed E-state index contributed by atoms with van der Waals surface area (Å²) in [5.74, 6) is -2.06. The molecule has 4 atom stereocenters. The van der Waals surface area contributed by atoms with Gasteiger partial charge in [0.05, 0.1) is 24.1 Å². The molecular weight excluding hydrogens is 392 g/mol. The molecule has 2 rings (SSSR count). The molecule has 1 saturated carbocycles. The summed E-state index contributed by atoms with van der Waals surface area (Å²) < 4.78 is 30.7. The highest BCUT2D eigenvalue weighted by atomic mass is 32.2. The Balaban J connectivity index is 2.21. The van der Waals surface area contributed by atoms with Crippen molar-refractivity contribution in [2.75, 3.05) is 13.3 Å². The van der Waals surface area contributed by atoms with E-state index in [1.807, 2.05) is 37.3 Å². The van der Waals surface area contributed by atoms with Crippen molar-refractivity contribution in [3.05, 3.63) is 35.9 Å². The molecule has 0 aromatic heterocycles. The number of nitrogens with one attached hydrogen (secondary N) is 1. The summed E-state index contributed by atoms with van der Waals surface area (Å²) in [6.45, 7) is 7.19. The van der Waals surface area contributed by atoms with Gasteiger partial charge in [0.1, 0.15) is 5.60 Å². The number of amides is 1. The van der Waals surface area contributed by atoms with E-state index in [9.17, 15) is 18.0 Å². The molecule has 0 saturated heterocycles. The van der Waals surface area contributed by atoms with Gasteiger partial charge in [0, 0.05) is 13.1 Å². The third-order valence-electron chi connectivity index (χ3n) is 5.28. The Morgan fingerprint density at radius 2 is 1.69 bits per heavy atom. The van der Waals surface area contributed by atoms with Crippen LogP contribution in [0.1, 0.15) is 52.1 Å². The van der Waals surface area contributed by atoms with Gasteiger partial charge < -0.3 is 10.1 Å². The Labute approximate surface area is 173 Å². The Hall–Kier alpha value is -1.93. The minimum Gasteiger partial charge on any atom is -0.460 e. The van der Waals surface area contributed by atoms with E-state index in [0.29, 0.717) is 0 Å². The SMILES string of the molecule is C[C@@H](NC(=O)[C@H]1C[C@H](N(C)S(C)(=O)=O)C[C@@H]1C(=O)OC(C)(C)C)c1ccccc1. The summed E-state index contributed by atoms with van der Waals surface area (Å²) in [6.07, 6.45) is 1.66. The lowest BCUT2D eigenvalue weighted by Gasteiger charge is -2.25. The van der Waals surface area contributed by atoms with E-state index in [2.05, 4.69) is 5.32 Å². The van der Waals surface area contributed by atoms with E-state index in [-0.39, 0.29) is 24.8 Å². The van der Waals surface area contributed by atoms with Crippen LogP contribution >= 0.6 is 0 Å². The van der Waals surface area contributed by atoms with Crippen molar-refractivity contribution >= 4 is 21.9 Å². The van der Waals surface area contributed by atoms with Crippen LogP contribution in [0.15, 0.2) is 30.3 Å². The smallest absolute Gasteiger partial charge is 0.310 e. The summed E-state index contributed by atoms with van der Waals surface area (Å²) in [6, 6.07) is 8.89. The topological polar surface area (TPSA) is 92.8 Å². The molecule has 1 N–H and O–H groups in total. The van der Waals surface area contributed by atoms with Crippen molar-refractivity contribution in [1.29, 1.82) is 0 Å². The highest BCUT2D eigenvalue weighted by Crippen LogP contribution is 2.37. The molecule has 0 bridgehead atoms. The fourth-order valence-corrected chi connectivity index (χ4v) is 4.37. The number of carbonyl (C=O) groups excluding carboxylic acids is 2. The van der Waals surface area contributed by atoms with E-state index < -0.39 is 39.5 Å². The summed E-state index contributed by atoms with van der Waals surface area (Å²) in [5.41, 5.74) is 0.272. The van der Waals surface area contributed by atoms with Gasteiger partial charge in [0.15, 0.2) is 0 Å². The molecule has 1 aromatic rings. The number of ether oxygens (including phenoxy) is 1. The first-order chi connectivity index (χ1) is 13.3. The van der Waals surface area contributed by atoms with Crippen LogP contribution in [0.3, 0.4) is 0 Å². The standard InChI is InChI=1S/C21H32N2O5S/c1-14(15-10-8-7-9-11-15)22-19(24)17-12-16(23(5)29(6,26)27)13-18(17)20(25)28-21(2,3)4/h7-11,14,16-18H,12-13H2,1-6H3,(H,22,24)/t14-,16+,17+,18+/m1/s1. The number of benzene rings is 1. The first-order valence-electron chi connectivity index (χ1n) is 9.81. The van der Waals surface area contributed by atoms with Gasteiger partial charge in [-0.1, -0.05) is 30.3 Å². The van der Waals surface area contributed by atoms with Crippen LogP contribution in [-0.4, -0.2) is 49.5 Å². The Morgan fingerprint density at radius 3 is 2.21 bits per heavy atom. The second-order valence-corrected chi connectivity index (χ2v) is 10.8. The minimum atomic E-state index is -3.44. The van der Waals surface area contributed by atoms with Crippen molar-refractivity contribution < 1.29 is 22.7 Å². The molecule has 1 aliphatic rings.